The summed E-state index contributed by atoms with van der Waals surface area (Å²) in [6.07, 6.45) is 0.604. The molecule has 1 aromatic heterocycles. The van der Waals surface area contributed by atoms with E-state index < -0.39 is 22.7 Å². The van der Waals surface area contributed by atoms with Crippen molar-refractivity contribution >= 4 is 29.1 Å². The summed E-state index contributed by atoms with van der Waals surface area (Å²) in [5.74, 6) is -0.503. The van der Waals surface area contributed by atoms with E-state index >= 15 is 0 Å². The van der Waals surface area contributed by atoms with Gasteiger partial charge in [-0.25, -0.2) is 13.9 Å². The minimum atomic E-state index is -0.529. The maximum absolute atomic E-state index is 13.5. The van der Waals surface area contributed by atoms with Crippen molar-refractivity contribution in [2.45, 2.75) is 13.3 Å². The number of nitro benzene ring substituents is 1. The minimum absolute atomic E-state index is 0.0968. The van der Waals surface area contributed by atoms with Crippen LogP contribution in [0.1, 0.15) is 13.3 Å². The fourth-order valence-electron chi connectivity index (χ4n) is 3.75. The molecule has 3 aromatic carbocycles. The number of benzene rings is 3. The first-order chi connectivity index (χ1) is 18.3. The van der Waals surface area contributed by atoms with E-state index in [1.54, 1.807) is 18.2 Å². The number of hydrogen-bond acceptors (Lipinski definition) is 5. The number of nitro groups is 1. The van der Waals surface area contributed by atoms with Gasteiger partial charge in [0.2, 0.25) is 5.91 Å². The monoisotopic (exact) mass is 516 g/mol. The summed E-state index contributed by atoms with van der Waals surface area (Å²) >= 11 is 0. The van der Waals surface area contributed by atoms with E-state index in [0.29, 0.717) is 35.9 Å². The third-order valence-corrected chi connectivity index (χ3v) is 5.56. The molecule has 11 heteroatoms. The van der Waals surface area contributed by atoms with E-state index in [0.717, 1.165) is 5.56 Å². The molecule has 0 unspecified atom stereocenters. The van der Waals surface area contributed by atoms with E-state index in [4.69, 9.17) is 0 Å². The summed E-state index contributed by atoms with van der Waals surface area (Å²) in [5, 5.41) is 20.9. The highest BCUT2D eigenvalue weighted by Crippen LogP contribution is 2.25. The second kappa shape index (κ2) is 11.8. The molecular formula is C27H25FN6O4. The molecule has 0 bridgehead atoms. The smallest absolute Gasteiger partial charge is 0.315 e. The Kier molecular flexibility index (Phi) is 8.07. The zero-order chi connectivity index (χ0) is 27.1. The van der Waals surface area contributed by atoms with Crippen LogP contribution in [0.3, 0.4) is 0 Å². The van der Waals surface area contributed by atoms with Crippen molar-refractivity contribution in [2.24, 2.45) is 0 Å². The lowest BCUT2D eigenvalue weighted by atomic mass is 10.1. The van der Waals surface area contributed by atoms with Gasteiger partial charge in [-0.3, -0.25) is 14.9 Å². The zero-order valence-electron chi connectivity index (χ0n) is 20.5. The second-order valence-electron chi connectivity index (χ2n) is 8.37. The van der Waals surface area contributed by atoms with Crippen molar-refractivity contribution in [3.05, 3.63) is 101 Å². The van der Waals surface area contributed by atoms with Crippen LogP contribution in [-0.2, 0) is 4.79 Å². The van der Waals surface area contributed by atoms with Gasteiger partial charge in [0.1, 0.15) is 18.2 Å². The van der Waals surface area contributed by atoms with Crippen LogP contribution in [-0.4, -0.2) is 44.6 Å². The van der Waals surface area contributed by atoms with Crippen molar-refractivity contribution in [1.82, 2.24) is 14.7 Å². The number of rotatable bonds is 9. The topological polar surface area (TPSA) is 122 Å². The highest BCUT2D eigenvalue weighted by molar-refractivity contribution is 5.97. The molecule has 1 heterocycles. The molecule has 0 atom stereocenters. The Morgan fingerprint density at radius 1 is 1.00 bits per heavy atom. The van der Waals surface area contributed by atoms with E-state index in [2.05, 4.69) is 15.7 Å². The van der Waals surface area contributed by atoms with E-state index in [-0.39, 0.29) is 12.2 Å². The first-order valence-corrected chi connectivity index (χ1v) is 11.9. The SMILES string of the molecule is CCCN(CC(=O)Nc1cc(-c2ccccc2)nn1-c1ccc(F)cc1)C(=O)Nc1ccc([N+](=O)[O-])cc1. The summed E-state index contributed by atoms with van der Waals surface area (Å²) in [7, 11) is 0. The van der Waals surface area contributed by atoms with Gasteiger partial charge in [0.05, 0.1) is 16.3 Å². The molecule has 38 heavy (non-hydrogen) atoms. The second-order valence-corrected chi connectivity index (χ2v) is 8.37. The number of nitrogens with one attached hydrogen (secondary N) is 2. The van der Waals surface area contributed by atoms with Gasteiger partial charge in [-0.2, -0.15) is 5.10 Å². The first-order valence-electron chi connectivity index (χ1n) is 11.9. The molecule has 4 rings (SSSR count). The van der Waals surface area contributed by atoms with Gasteiger partial charge in [-0.1, -0.05) is 37.3 Å². The van der Waals surface area contributed by atoms with E-state index in [1.807, 2.05) is 37.3 Å². The predicted octanol–water partition coefficient (Wildman–Crippen LogP) is 5.47. The first kappa shape index (κ1) is 26.0. The Morgan fingerprint density at radius 3 is 2.32 bits per heavy atom. The quantitative estimate of drug-likeness (QED) is 0.226. The largest absolute Gasteiger partial charge is 0.322 e. The van der Waals surface area contributed by atoms with Crippen LogP contribution < -0.4 is 10.6 Å². The molecule has 4 aromatic rings. The van der Waals surface area contributed by atoms with E-state index in [9.17, 15) is 24.1 Å². The number of halogens is 1. The van der Waals surface area contributed by atoms with Crippen LogP contribution in [0, 0.1) is 15.9 Å². The van der Waals surface area contributed by atoms with Crippen LogP contribution in [0.2, 0.25) is 0 Å². The molecule has 0 aliphatic carbocycles. The van der Waals surface area contributed by atoms with Gasteiger partial charge in [0.15, 0.2) is 0 Å². The number of anilines is 2. The molecule has 0 saturated heterocycles. The Hall–Kier alpha value is -5.06. The highest BCUT2D eigenvalue weighted by atomic mass is 19.1. The third kappa shape index (κ3) is 6.38. The van der Waals surface area contributed by atoms with Gasteiger partial charge in [-0.05, 0) is 42.8 Å². The highest BCUT2D eigenvalue weighted by Gasteiger charge is 2.20. The lowest BCUT2D eigenvalue weighted by Crippen LogP contribution is -2.41. The van der Waals surface area contributed by atoms with Crippen molar-refractivity contribution in [2.75, 3.05) is 23.7 Å². The summed E-state index contributed by atoms with van der Waals surface area (Å²) in [6.45, 7) is 1.93. The Bertz CT molecular complexity index is 1420. The van der Waals surface area contributed by atoms with Crippen LogP contribution in [0.15, 0.2) is 84.9 Å². The maximum atomic E-state index is 13.5. The fourth-order valence-corrected chi connectivity index (χ4v) is 3.75. The average Bonchev–Trinajstić information content (AvgIpc) is 3.33. The van der Waals surface area contributed by atoms with E-state index in [1.165, 1.54) is 46.0 Å². The number of aromatic nitrogens is 2. The van der Waals surface area contributed by atoms with Crippen LogP contribution >= 0.6 is 0 Å². The van der Waals surface area contributed by atoms with Crippen molar-refractivity contribution in [1.29, 1.82) is 0 Å². The van der Waals surface area contributed by atoms with Gasteiger partial charge in [0.25, 0.3) is 5.69 Å². The lowest BCUT2D eigenvalue weighted by Gasteiger charge is -2.22. The van der Waals surface area contributed by atoms with Crippen molar-refractivity contribution in [3.8, 4) is 16.9 Å². The Morgan fingerprint density at radius 2 is 1.68 bits per heavy atom. The third-order valence-electron chi connectivity index (χ3n) is 5.56. The number of amides is 3. The Balaban J connectivity index is 1.52. The van der Waals surface area contributed by atoms with Crippen LogP contribution in [0.4, 0.5) is 26.4 Å². The summed E-state index contributed by atoms with van der Waals surface area (Å²) < 4.78 is 15.0. The molecule has 2 N–H and O–H groups in total. The lowest BCUT2D eigenvalue weighted by molar-refractivity contribution is -0.384. The number of carbonyl (C=O) groups excluding carboxylic acids is 2. The Labute approximate surface area is 217 Å². The molecule has 194 valence electrons. The van der Waals surface area contributed by atoms with Crippen LogP contribution in [0.25, 0.3) is 16.9 Å². The molecule has 10 nitrogen and oxygen atoms in total. The fraction of sp³-hybridized carbons (Fsp3) is 0.148. The molecule has 0 aliphatic rings. The molecule has 3 amide bonds. The summed E-state index contributed by atoms with van der Waals surface area (Å²) in [6, 6.07) is 21.7. The maximum Gasteiger partial charge on any atom is 0.322 e. The number of non-ortho nitro benzene ring substituents is 1. The van der Waals surface area contributed by atoms with Gasteiger partial charge >= 0.3 is 6.03 Å². The van der Waals surface area contributed by atoms with Crippen molar-refractivity contribution in [3.63, 3.8) is 0 Å². The van der Waals surface area contributed by atoms with Gasteiger partial charge in [0, 0.05) is 36.0 Å². The predicted molar refractivity (Wildman–Crippen MR) is 142 cm³/mol. The molecule has 0 radical (unpaired) electrons. The number of hydrogen-bond donors (Lipinski definition) is 2. The average molecular weight is 517 g/mol. The molecule has 0 fully saturated rings. The van der Waals surface area contributed by atoms with Gasteiger partial charge < -0.3 is 15.5 Å². The minimum Gasteiger partial charge on any atom is -0.315 e. The van der Waals surface area contributed by atoms with Gasteiger partial charge in [-0.15, -0.1) is 0 Å². The standard InChI is InChI=1S/C27H25FN6O4/c1-2-16-32(27(36)29-21-10-14-23(15-11-21)34(37)38)18-26(35)30-25-17-24(19-6-4-3-5-7-19)31-33(25)22-12-8-20(28)9-13-22/h3-15,17H,2,16,18H2,1H3,(H,29,36)(H,30,35). The number of carbonyl (C=O) groups is 2. The summed E-state index contributed by atoms with van der Waals surface area (Å²) in [5.41, 5.74) is 2.25. The number of urea groups is 1. The normalized spacial score (nSPS) is 10.6. The zero-order valence-corrected chi connectivity index (χ0v) is 20.5. The van der Waals surface area contributed by atoms with Crippen LogP contribution in [0.5, 0.6) is 0 Å². The molecule has 0 saturated carbocycles. The number of nitrogens with zero attached hydrogens (tertiary/aromatic N) is 4. The molecular weight excluding hydrogens is 491 g/mol. The summed E-state index contributed by atoms with van der Waals surface area (Å²) in [4.78, 5) is 37.6. The molecule has 0 aliphatic heterocycles. The van der Waals surface area contributed by atoms with Crippen molar-refractivity contribution < 1.29 is 18.9 Å². The molecule has 0 spiro atoms.